The van der Waals surface area contributed by atoms with E-state index in [4.69, 9.17) is 11.6 Å². The van der Waals surface area contributed by atoms with Crippen molar-refractivity contribution >= 4 is 11.6 Å². The second-order valence-electron chi connectivity index (χ2n) is 4.61. The summed E-state index contributed by atoms with van der Waals surface area (Å²) in [5.41, 5.74) is 3.72. The molecule has 1 nitrogen and oxygen atoms in total. The molecule has 2 aromatic rings. The highest BCUT2D eigenvalue weighted by Gasteiger charge is 2.05. The van der Waals surface area contributed by atoms with E-state index in [1.54, 1.807) is 0 Å². The molecule has 1 N–H and O–H groups in total. The van der Waals surface area contributed by atoms with Gasteiger partial charge in [-0.05, 0) is 23.6 Å². The Kier molecular flexibility index (Phi) is 4.78. The fourth-order valence-electron chi connectivity index (χ4n) is 1.98. The van der Waals surface area contributed by atoms with Gasteiger partial charge in [0, 0.05) is 17.6 Å². The number of hydrogen-bond acceptors (Lipinski definition) is 1. The van der Waals surface area contributed by atoms with Crippen LogP contribution in [0.4, 0.5) is 0 Å². The molecular formula is C17H18ClN. The van der Waals surface area contributed by atoms with E-state index in [2.05, 4.69) is 67.4 Å². The van der Waals surface area contributed by atoms with Gasteiger partial charge in [-0.15, -0.1) is 0 Å². The summed E-state index contributed by atoms with van der Waals surface area (Å²) in [6.45, 7) is 6.43. The van der Waals surface area contributed by atoms with Crippen LogP contribution >= 0.6 is 11.6 Å². The van der Waals surface area contributed by atoms with Crippen LogP contribution in [0.2, 0.25) is 0 Å². The van der Waals surface area contributed by atoms with Crippen molar-refractivity contribution in [3.05, 3.63) is 71.8 Å². The predicted octanol–water partition coefficient (Wildman–Crippen LogP) is 4.76. The quantitative estimate of drug-likeness (QED) is 0.827. The summed E-state index contributed by atoms with van der Waals surface area (Å²) in [5, 5.41) is 3.96. The molecule has 0 saturated heterocycles. The molecule has 0 heterocycles. The van der Waals surface area contributed by atoms with Crippen LogP contribution in [0, 0.1) is 0 Å². The van der Waals surface area contributed by atoms with Gasteiger partial charge < -0.3 is 5.32 Å². The largest absolute Gasteiger partial charge is 0.305 e. The molecule has 0 radical (unpaired) electrons. The molecule has 1 unspecified atom stereocenters. The minimum absolute atomic E-state index is 0.264. The van der Waals surface area contributed by atoms with Crippen molar-refractivity contribution in [2.45, 2.75) is 13.0 Å². The molecule has 2 rings (SSSR count). The maximum absolute atomic E-state index is 5.76. The highest BCUT2D eigenvalue weighted by molar-refractivity contribution is 6.29. The topological polar surface area (TPSA) is 12.0 Å². The van der Waals surface area contributed by atoms with Crippen LogP contribution in [-0.4, -0.2) is 6.54 Å². The Bertz CT molecular complexity index is 531. The van der Waals surface area contributed by atoms with Gasteiger partial charge in [-0.2, -0.15) is 0 Å². The molecule has 1 atom stereocenters. The lowest BCUT2D eigenvalue weighted by molar-refractivity contribution is 0.614. The highest BCUT2D eigenvalue weighted by Crippen LogP contribution is 2.21. The molecule has 0 saturated carbocycles. The fraction of sp³-hybridized carbons (Fsp3) is 0.176. The third kappa shape index (κ3) is 3.95. The van der Waals surface area contributed by atoms with Crippen LogP contribution < -0.4 is 5.32 Å². The Morgan fingerprint density at radius 1 is 1.05 bits per heavy atom. The van der Waals surface area contributed by atoms with Gasteiger partial charge in [-0.25, -0.2) is 0 Å². The summed E-state index contributed by atoms with van der Waals surface area (Å²) in [5.74, 6) is 0. The summed E-state index contributed by atoms with van der Waals surface area (Å²) >= 11 is 5.76. The van der Waals surface area contributed by atoms with Crippen LogP contribution in [0.15, 0.2) is 66.2 Å². The zero-order valence-corrected chi connectivity index (χ0v) is 11.8. The molecule has 0 spiro atoms. The lowest BCUT2D eigenvalue weighted by Crippen LogP contribution is -2.19. The molecule has 0 bridgehead atoms. The third-order valence-electron chi connectivity index (χ3n) is 3.12. The van der Waals surface area contributed by atoms with E-state index in [0.717, 1.165) is 0 Å². The second-order valence-corrected chi connectivity index (χ2v) is 5.14. The van der Waals surface area contributed by atoms with Crippen molar-refractivity contribution in [2.75, 3.05) is 6.54 Å². The number of nitrogens with one attached hydrogen (secondary N) is 1. The maximum atomic E-state index is 5.76. The van der Waals surface area contributed by atoms with Gasteiger partial charge in [0.15, 0.2) is 0 Å². The van der Waals surface area contributed by atoms with Crippen LogP contribution in [-0.2, 0) is 0 Å². The average Bonchev–Trinajstić information content (AvgIpc) is 2.46. The Balaban J connectivity index is 2.08. The standard InChI is InChI=1S/C17H18ClN/c1-13(18)12-19-14(2)15-8-10-17(11-9-15)16-6-4-3-5-7-16/h3-11,14,19H,1,12H2,2H3. The molecule has 0 amide bonds. The Labute approximate surface area is 119 Å². The first-order valence-corrected chi connectivity index (χ1v) is 6.76. The summed E-state index contributed by atoms with van der Waals surface area (Å²) in [7, 11) is 0. The summed E-state index contributed by atoms with van der Waals surface area (Å²) in [6.07, 6.45) is 0. The Morgan fingerprint density at radius 3 is 2.21 bits per heavy atom. The molecule has 0 fully saturated rings. The van der Waals surface area contributed by atoms with E-state index >= 15 is 0 Å². The lowest BCUT2D eigenvalue weighted by Gasteiger charge is -2.14. The number of benzene rings is 2. The lowest BCUT2D eigenvalue weighted by atomic mass is 10.0. The summed E-state index contributed by atoms with van der Waals surface area (Å²) < 4.78 is 0. The molecule has 0 aliphatic rings. The molecule has 0 aliphatic carbocycles. The van der Waals surface area contributed by atoms with Gasteiger partial charge >= 0.3 is 0 Å². The highest BCUT2D eigenvalue weighted by atomic mass is 35.5. The first-order valence-electron chi connectivity index (χ1n) is 6.39. The number of rotatable bonds is 5. The van der Waals surface area contributed by atoms with Crippen molar-refractivity contribution in [2.24, 2.45) is 0 Å². The molecule has 0 aromatic heterocycles. The van der Waals surface area contributed by atoms with Gasteiger partial charge in [0.25, 0.3) is 0 Å². The molecular weight excluding hydrogens is 254 g/mol. The van der Waals surface area contributed by atoms with Gasteiger partial charge in [0.05, 0.1) is 0 Å². The average molecular weight is 272 g/mol. The van der Waals surface area contributed by atoms with Crippen LogP contribution in [0.3, 0.4) is 0 Å². The van der Waals surface area contributed by atoms with Crippen LogP contribution in [0.5, 0.6) is 0 Å². The first kappa shape index (κ1) is 13.9. The van der Waals surface area contributed by atoms with Crippen molar-refractivity contribution in [1.82, 2.24) is 5.32 Å². The SMILES string of the molecule is C=C(Cl)CNC(C)c1ccc(-c2ccccc2)cc1. The maximum Gasteiger partial charge on any atom is 0.0313 e. The fourth-order valence-corrected chi connectivity index (χ4v) is 2.05. The third-order valence-corrected chi connectivity index (χ3v) is 3.25. The van der Waals surface area contributed by atoms with E-state index in [-0.39, 0.29) is 6.04 Å². The number of hydrogen-bond donors (Lipinski definition) is 1. The van der Waals surface area contributed by atoms with Gasteiger partial charge in [0.1, 0.15) is 0 Å². The minimum Gasteiger partial charge on any atom is -0.305 e. The van der Waals surface area contributed by atoms with Crippen molar-refractivity contribution in [3.63, 3.8) is 0 Å². The van der Waals surface area contributed by atoms with E-state index in [0.29, 0.717) is 11.6 Å². The second kappa shape index (κ2) is 6.55. The van der Waals surface area contributed by atoms with E-state index in [1.165, 1.54) is 16.7 Å². The van der Waals surface area contributed by atoms with Gasteiger partial charge in [-0.3, -0.25) is 0 Å². The van der Waals surface area contributed by atoms with Crippen molar-refractivity contribution in [3.8, 4) is 11.1 Å². The molecule has 0 aliphatic heterocycles. The van der Waals surface area contributed by atoms with Gasteiger partial charge in [-0.1, -0.05) is 72.8 Å². The van der Waals surface area contributed by atoms with Crippen molar-refractivity contribution in [1.29, 1.82) is 0 Å². The van der Waals surface area contributed by atoms with E-state index < -0.39 is 0 Å². The summed E-state index contributed by atoms with van der Waals surface area (Å²) in [4.78, 5) is 0. The Hall–Kier alpha value is -1.57. The van der Waals surface area contributed by atoms with Gasteiger partial charge in [0.2, 0.25) is 0 Å². The number of halogens is 1. The molecule has 2 heteroatoms. The molecule has 2 aromatic carbocycles. The smallest absolute Gasteiger partial charge is 0.0313 e. The van der Waals surface area contributed by atoms with Crippen LogP contribution in [0.1, 0.15) is 18.5 Å². The Morgan fingerprint density at radius 2 is 1.63 bits per heavy atom. The zero-order chi connectivity index (χ0) is 13.7. The van der Waals surface area contributed by atoms with E-state index in [9.17, 15) is 0 Å². The zero-order valence-electron chi connectivity index (χ0n) is 11.1. The minimum atomic E-state index is 0.264. The van der Waals surface area contributed by atoms with E-state index in [1.807, 2.05) is 6.07 Å². The monoisotopic (exact) mass is 271 g/mol. The summed E-state index contributed by atoms with van der Waals surface area (Å²) in [6, 6.07) is 19.2. The van der Waals surface area contributed by atoms with Crippen molar-refractivity contribution < 1.29 is 0 Å². The molecule has 98 valence electrons. The predicted molar refractivity (Wildman–Crippen MR) is 83.3 cm³/mol. The molecule has 19 heavy (non-hydrogen) atoms. The van der Waals surface area contributed by atoms with Crippen LogP contribution in [0.25, 0.3) is 11.1 Å². The normalized spacial score (nSPS) is 12.1. The first-order chi connectivity index (χ1) is 9.16.